The molecule has 0 aliphatic rings. The number of nitrogens with zero attached hydrogens (tertiary/aromatic N) is 1. The minimum absolute atomic E-state index is 0.0384. The summed E-state index contributed by atoms with van der Waals surface area (Å²) >= 11 is 0. The van der Waals surface area contributed by atoms with Gasteiger partial charge in [-0.15, -0.1) is 0 Å². The maximum absolute atomic E-state index is 12.4. The molecule has 0 aliphatic heterocycles. The second-order valence-electron chi connectivity index (χ2n) is 6.18. The molecular formula is C20H26N4O3. The lowest BCUT2D eigenvalue weighted by atomic mass is 10.2. The lowest BCUT2D eigenvalue weighted by Gasteiger charge is -2.12. The molecule has 1 aromatic carbocycles. The predicted octanol–water partition coefficient (Wildman–Crippen LogP) is 2.73. The number of carbonyl (C=O) groups excluding carboxylic acids is 2. The standard InChI is InChI=1S/C20H26N4O3/c1-4-27-16-9-7-15(8-10-16)24-18-17(6-5-11-21-18)20(26)23-13-12-22-19(25)14(2)3/h5-11,14H,4,12-13H2,1-3H3,(H,21,24)(H,22,25)(H,23,26). The first kappa shape index (κ1) is 20.2. The van der Waals surface area contributed by atoms with Gasteiger partial charge < -0.3 is 20.7 Å². The second-order valence-corrected chi connectivity index (χ2v) is 6.18. The summed E-state index contributed by atoms with van der Waals surface area (Å²) in [6.07, 6.45) is 1.62. The molecule has 0 spiro atoms. The molecular weight excluding hydrogens is 344 g/mol. The Kier molecular flexibility index (Phi) is 7.61. The summed E-state index contributed by atoms with van der Waals surface area (Å²) in [6.45, 7) is 6.90. The minimum Gasteiger partial charge on any atom is -0.494 e. The quantitative estimate of drug-likeness (QED) is 0.590. The monoisotopic (exact) mass is 370 g/mol. The summed E-state index contributed by atoms with van der Waals surface area (Å²) in [4.78, 5) is 28.2. The highest BCUT2D eigenvalue weighted by Crippen LogP contribution is 2.21. The fourth-order valence-electron chi connectivity index (χ4n) is 2.29. The highest BCUT2D eigenvalue weighted by molar-refractivity contribution is 5.99. The maximum Gasteiger partial charge on any atom is 0.255 e. The van der Waals surface area contributed by atoms with Crippen LogP contribution in [0.2, 0.25) is 0 Å². The van der Waals surface area contributed by atoms with Crippen molar-refractivity contribution in [3.8, 4) is 5.75 Å². The molecule has 0 fully saturated rings. The SMILES string of the molecule is CCOc1ccc(Nc2ncccc2C(=O)NCCNC(=O)C(C)C)cc1. The summed E-state index contributed by atoms with van der Waals surface area (Å²) in [7, 11) is 0. The molecule has 144 valence electrons. The number of carbonyl (C=O) groups is 2. The van der Waals surface area contributed by atoms with Crippen molar-refractivity contribution in [3.63, 3.8) is 0 Å². The molecule has 0 saturated carbocycles. The van der Waals surface area contributed by atoms with Gasteiger partial charge in [0.05, 0.1) is 12.2 Å². The van der Waals surface area contributed by atoms with Crippen LogP contribution in [0.5, 0.6) is 5.75 Å². The molecule has 1 aromatic heterocycles. The van der Waals surface area contributed by atoms with Crippen molar-refractivity contribution in [1.29, 1.82) is 0 Å². The Morgan fingerprint density at radius 3 is 2.44 bits per heavy atom. The summed E-state index contributed by atoms with van der Waals surface area (Å²) in [5.41, 5.74) is 1.23. The van der Waals surface area contributed by atoms with E-state index in [1.165, 1.54) is 0 Å². The average molecular weight is 370 g/mol. The Hall–Kier alpha value is -3.09. The third-order valence-electron chi connectivity index (χ3n) is 3.71. The summed E-state index contributed by atoms with van der Waals surface area (Å²) in [5, 5.41) is 8.70. The first-order chi connectivity index (χ1) is 13.0. The molecule has 2 rings (SSSR count). The first-order valence-electron chi connectivity index (χ1n) is 9.02. The minimum atomic E-state index is -0.254. The molecule has 0 radical (unpaired) electrons. The van der Waals surface area contributed by atoms with Gasteiger partial charge in [0.25, 0.3) is 5.91 Å². The van der Waals surface area contributed by atoms with Crippen LogP contribution < -0.4 is 20.7 Å². The zero-order valence-electron chi connectivity index (χ0n) is 15.9. The highest BCUT2D eigenvalue weighted by Gasteiger charge is 2.12. The summed E-state index contributed by atoms with van der Waals surface area (Å²) in [5.74, 6) is 0.874. The van der Waals surface area contributed by atoms with Gasteiger partial charge in [-0.2, -0.15) is 0 Å². The van der Waals surface area contributed by atoms with Crippen molar-refractivity contribution < 1.29 is 14.3 Å². The largest absolute Gasteiger partial charge is 0.494 e. The van der Waals surface area contributed by atoms with Gasteiger partial charge in [0.2, 0.25) is 5.91 Å². The van der Waals surface area contributed by atoms with E-state index >= 15 is 0 Å². The molecule has 2 aromatic rings. The lowest BCUT2D eigenvalue weighted by molar-refractivity contribution is -0.123. The van der Waals surface area contributed by atoms with Crippen LogP contribution in [0.15, 0.2) is 42.6 Å². The Balaban J connectivity index is 1.95. The molecule has 0 unspecified atom stereocenters. The van der Waals surface area contributed by atoms with Crippen LogP contribution in [-0.2, 0) is 4.79 Å². The number of hydrogen-bond donors (Lipinski definition) is 3. The summed E-state index contributed by atoms with van der Waals surface area (Å²) in [6, 6.07) is 10.8. The molecule has 0 atom stereocenters. The number of ether oxygens (including phenoxy) is 1. The van der Waals surface area contributed by atoms with Gasteiger partial charge >= 0.3 is 0 Å². The van der Waals surface area contributed by atoms with E-state index in [2.05, 4.69) is 20.9 Å². The molecule has 2 amide bonds. The first-order valence-corrected chi connectivity index (χ1v) is 9.02. The van der Waals surface area contributed by atoms with Gasteiger partial charge in [-0.3, -0.25) is 9.59 Å². The van der Waals surface area contributed by atoms with Gasteiger partial charge in [0.1, 0.15) is 11.6 Å². The number of pyridine rings is 1. The lowest BCUT2D eigenvalue weighted by Crippen LogP contribution is -2.36. The zero-order valence-corrected chi connectivity index (χ0v) is 15.9. The predicted molar refractivity (Wildman–Crippen MR) is 105 cm³/mol. The fourth-order valence-corrected chi connectivity index (χ4v) is 2.29. The average Bonchev–Trinajstić information content (AvgIpc) is 2.67. The van der Waals surface area contributed by atoms with Crippen molar-refractivity contribution in [1.82, 2.24) is 15.6 Å². The van der Waals surface area contributed by atoms with Crippen molar-refractivity contribution in [2.45, 2.75) is 20.8 Å². The Labute approximate surface area is 159 Å². The number of anilines is 2. The molecule has 27 heavy (non-hydrogen) atoms. The second kappa shape index (κ2) is 10.2. The molecule has 1 heterocycles. The van der Waals surface area contributed by atoms with E-state index in [0.29, 0.717) is 31.1 Å². The van der Waals surface area contributed by atoms with Gasteiger partial charge in [-0.05, 0) is 43.3 Å². The summed E-state index contributed by atoms with van der Waals surface area (Å²) < 4.78 is 5.42. The Bertz CT molecular complexity index is 760. The van der Waals surface area contributed by atoms with E-state index in [4.69, 9.17) is 4.74 Å². The number of benzene rings is 1. The fraction of sp³-hybridized carbons (Fsp3) is 0.350. The van der Waals surface area contributed by atoms with E-state index in [0.717, 1.165) is 11.4 Å². The van der Waals surface area contributed by atoms with E-state index in [-0.39, 0.29) is 17.7 Å². The van der Waals surface area contributed by atoms with Crippen LogP contribution >= 0.6 is 0 Å². The van der Waals surface area contributed by atoms with E-state index in [1.807, 2.05) is 45.0 Å². The Morgan fingerprint density at radius 2 is 1.78 bits per heavy atom. The number of nitrogens with one attached hydrogen (secondary N) is 3. The molecule has 0 bridgehead atoms. The number of amides is 2. The van der Waals surface area contributed by atoms with Gasteiger partial charge in [0, 0.05) is 30.9 Å². The molecule has 0 aliphatic carbocycles. The van der Waals surface area contributed by atoms with Crippen LogP contribution in [0, 0.1) is 5.92 Å². The zero-order chi connectivity index (χ0) is 19.6. The van der Waals surface area contributed by atoms with Crippen LogP contribution in [0.3, 0.4) is 0 Å². The third-order valence-corrected chi connectivity index (χ3v) is 3.71. The van der Waals surface area contributed by atoms with Crippen molar-refractivity contribution >= 4 is 23.3 Å². The van der Waals surface area contributed by atoms with Crippen LogP contribution in [0.25, 0.3) is 0 Å². The highest BCUT2D eigenvalue weighted by atomic mass is 16.5. The topological polar surface area (TPSA) is 92.3 Å². The number of rotatable bonds is 9. The van der Waals surface area contributed by atoms with Crippen LogP contribution in [0.4, 0.5) is 11.5 Å². The van der Waals surface area contributed by atoms with Crippen LogP contribution in [0.1, 0.15) is 31.1 Å². The smallest absolute Gasteiger partial charge is 0.255 e. The van der Waals surface area contributed by atoms with Crippen molar-refractivity contribution in [2.75, 3.05) is 25.0 Å². The molecule has 7 nitrogen and oxygen atoms in total. The Morgan fingerprint density at radius 1 is 1.07 bits per heavy atom. The van der Waals surface area contributed by atoms with Gasteiger partial charge in [0.15, 0.2) is 0 Å². The third kappa shape index (κ3) is 6.29. The van der Waals surface area contributed by atoms with E-state index in [1.54, 1.807) is 18.3 Å². The molecule has 3 N–H and O–H groups in total. The van der Waals surface area contributed by atoms with E-state index < -0.39 is 0 Å². The molecule has 0 saturated heterocycles. The van der Waals surface area contributed by atoms with Gasteiger partial charge in [-0.1, -0.05) is 13.8 Å². The molecule has 7 heteroatoms. The van der Waals surface area contributed by atoms with Crippen molar-refractivity contribution in [2.24, 2.45) is 5.92 Å². The van der Waals surface area contributed by atoms with Crippen molar-refractivity contribution in [3.05, 3.63) is 48.2 Å². The normalized spacial score (nSPS) is 10.4. The number of aromatic nitrogens is 1. The van der Waals surface area contributed by atoms with E-state index in [9.17, 15) is 9.59 Å². The van der Waals surface area contributed by atoms with Crippen LogP contribution in [-0.4, -0.2) is 36.5 Å². The number of hydrogen-bond acceptors (Lipinski definition) is 5. The van der Waals surface area contributed by atoms with Gasteiger partial charge in [-0.25, -0.2) is 4.98 Å². The maximum atomic E-state index is 12.4.